The standard InChI is InChI=1S/C15H22N2O2.ClH/c1-13(2)17(14-6-4-3-5-7-14)15(18)12-16-8-10-19-11-9-16;/h3-7,13H,8-12H2,1-2H3;1H. The molecule has 0 spiro atoms. The van der Waals surface area contributed by atoms with Crippen LogP contribution in [0.5, 0.6) is 0 Å². The molecule has 112 valence electrons. The summed E-state index contributed by atoms with van der Waals surface area (Å²) in [6, 6.07) is 10.0. The first kappa shape index (κ1) is 17.0. The Morgan fingerprint density at radius 1 is 1.25 bits per heavy atom. The summed E-state index contributed by atoms with van der Waals surface area (Å²) >= 11 is 0. The summed E-state index contributed by atoms with van der Waals surface area (Å²) in [5, 5.41) is 0. The number of halogens is 1. The molecule has 1 fully saturated rings. The molecule has 20 heavy (non-hydrogen) atoms. The van der Waals surface area contributed by atoms with Crippen molar-refractivity contribution >= 4 is 24.0 Å². The van der Waals surface area contributed by atoms with Crippen molar-refractivity contribution in [3.63, 3.8) is 0 Å². The van der Waals surface area contributed by atoms with Crippen LogP contribution in [0.4, 0.5) is 5.69 Å². The zero-order valence-electron chi connectivity index (χ0n) is 12.1. The molecule has 0 bridgehead atoms. The lowest BCUT2D eigenvalue weighted by atomic mass is 10.2. The first-order valence-corrected chi connectivity index (χ1v) is 6.85. The van der Waals surface area contributed by atoms with E-state index in [0.29, 0.717) is 6.54 Å². The van der Waals surface area contributed by atoms with Gasteiger partial charge < -0.3 is 9.64 Å². The van der Waals surface area contributed by atoms with Crippen LogP contribution in [0.25, 0.3) is 0 Å². The number of morpholine rings is 1. The molecule has 1 aliphatic heterocycles. The molecule has 1 aromatic rings. The number of ether oxygens (including phenoxy) is 1. The highest BCUT2D eigenvalue weighted by molar-refractivity contribution is 5.95. The van der Waals surface area contributed by atoms with Gasteiger partial charge in [0.1, 0.15) is 0 Å². The third-order valence-electron chi connectivity index (χ3n) is 3.28. The number of para-hydroxylation sites is 1. The van der Waals surface area contributed by atoms with Crippen LogP contribution in [0.1, 0.15) is 13.8 Å². The quantitative estimate of drug-likeness (QED) is 0.854. The number of nitrogens with zero attached hydrogens (tertiary/aromatic N) is 2. The van der Waals surface area contributed by atoms with Crippen LogP contribution in [0.2, 0.25) is 0 Å². The van der Waals surface area contributed by atoms with Gasteiger partial charge in [-0.3, -0.25) is 9.69 Å². The first-order valence-electron chi connectivity index (χ1n) is 6.85. The Balaban J connectivity index is 0.00000200. The molecule has 0 radical (unpaired) electrons. The van der Waals surface area contributed by atoms with Crippen molar-refractivity contribution in [2.75, 3.05) is 37.7 Å². The molecular formula is C15H23ClN2O2. The topological polar surface area (TPSA) is 32.8 Å². The smallest absolute Gasteiger partial charge is 0.241 e. The molecule has 1 amide bonds. The predicted octanol–water partition coefficient (Wildman–Crippen LogP) is 2.18. The normalized spacial score (nSPS) is 15.8. The van der Waals surface area contributed by atoms with Crippen LogP contribution in [0.15, 0.2) is 30.3 Å². The van der Waals surface area contributed by atoms with E-state index in [1.165, 1.54) is 0 Å². The van der Waals surface area contributed by atoms with E-state index in [4.69, 9.17) is 4.74 Å². The lowest BCUT2D eigenvalue weighted by Gasteiger charge is -2.31. The minimum Gasteiger partial charge on any atom is -0.379 e. The first-order chi connectivity index (χ1) is 9.18. The van der Waals surface area contributed by atoms with Gasteiger partial charge in [0.25, 0.3) is 0 Å². The summed E-state index contributed by atoms with van der Waals surface area (Å²) in [4.78, 5) is 16.5. The third kappa shape index (κ3) is 4.47. The zero-order chi connectivity index (χ0) is 13.7. The minimum atomic E-state index is 0. The van der Waals surface area contributed by atoms with Gasteiger partial charge >= 0.3 is 0 Å². The molecule has 0 unspecified atom stereocenters. The van der Waals surface area contributed by atoms with E-state index >= 15 is 0 Å². The van der Waals surface area contributed by atoms with Gasteiger partial charge in [-0.25, -0.2) is 0 Å². The second kappa shape index (κ2) is 8.25. The molecular weight excluding hydrogens is 276 g/mol. The number of rotatable bonds is 4. The molecule has 0 aromatic heterocycles. The number of amides is 1. The number of hydrogen-bond acceptors (Lipinski definition) is 3. The van der Waals surface area contributed by atoms with Gasteiger partial charge in [-0.15, -0.1) is 12.4 Å². The number of hydrogen-bond donors (Lipinski definition) is 0. The molecule has 2 rings (SSSR count). The molecule has 0 aliphatic carbocycles. The lowest BCUT2D eigenvalue weighted by Crippen LogP contribution is -2.47. The Morgan fingerprint density at radius 2 is 1.85 bits per heavy atom. The average molecular weight is 299 g/mol. The fourth-order valence-electron chi connectivity index (χ4n) is 2.35. The Morgan fingerprint density at radius 3 is 2.40 bits per heavy atom. The Bertz CT molecular complexity index is 406. The van der Waals surface area contributed by atoms with Crippen LogP contribution in [-0.2, 0) is 9.53 Å². The second-order valence-electron chi connectivity index (χ2n) is 5.08. The van der Waals surface area contributed by atoms with Crippen LogP contribution in [0, 0.1) is 0 Å². The van der Waals surface area contributed by atoms with E-state index in [2.05, 4.69) is 4.90 Å². The SMILES string of the molecule is CC(C)N(C(=O)CN1CCOCC1)c1ccccc1.Cl. The van der Waals surface area contributed by atoms with E-state index < -0.39 is 0 Å². The monoisotopic (exact) mass is 298 g/mol. The van der Waals surface area contributed by atoms with E-state index in [1.807, 2.05) is 49.1 Å². The Labute approximate surface area is 127 Å². The van der Waals surface area contributed by atoms with Crippen LogP contribution >= 0.6 is 12.4 Å². The van der Waals surface area contributed by atoms with Crippen molar-refractivity contribution in [1.29, 1.82) is 0 Å². The number of carbonyl (C=O) groups is 1. The van der Waals surface area contributed by atoms with Gasteiger partial charge in [-0.1, -0.05) is 18.2 Å². The molecule has 0 N–H and O–H groups in total. The van der Waals surface area contributed by atoms with Crippen molar-refractivity contribution in [1.82, 2.24) is 4.90 Å². The fourth-order valence-corrected chi connectivity index (χ4v) is 2.35. The summed E-state index contributed by atoms with van der Waals surface area (Å²) in [6.07, 6.45) is 0. The molecule has 1 aliphatic rings. The van der Waals surface area contributed by atoms with Crippen molar-refractivity contribution in [3.8, 4) is 0 Å². The van der Waals surface area contributed by atoms with Gasteiger partial charge in [0.2, 0.25) is 5.91 Å². The summed E-state index contributed by atoms with van der Waals surface area (Å²) in [5.41, 5.74) is 0.968. The minimum absolute atomic E-state index is 0. The van der Waals surface area contributed by atoms with Crippen molar-refractivity contribution in [2.45, 2.75) is 19.9 Å². The average Bonchev–Trinajstić information content (AvgIpc) is 2.40. The van der Waals surface area contributed by atoms with E-state index in [1.54, 1.807) is 0 Å². The molecule has 4 nitrogen and oxygen atoms in total. The van der Waals surface area contributed by atoms with Gasteiger partial charge in [0.15, 0.2) is 0 Å². The maximum Gasteiger partial charge on any atom is 0.241 e. The maximum absolute atomic E-state index is 12.5. The Kier molecular flexibility index (Phi) is 6.99. The largest absolute Gasteiger partial charge is 0.379 e. The van der Waals surface area contributed by atoms with Crippen LogP contribution in [0.3, 0.4) is 0 Å². The maximum atomic E-state index is 12.5. The fraction of sp³-hybridized carbons (Fsp3) is 0.533. The molecule has 1 heterocycles. The highest BCUT2D eigenvalue weighted by atomic mass is 35.5. The van der Waals surface area contributed by atoms with Gasteiger partial charge in [0, 0.05) is 24.8 Å². The van der Waals surface area contributed by atoms with Gasteiger partial charge in [-0.05, 0) is 26.0 Å². The van der Waals surface area contributed by atoms with E-state index in [-0.39, 0.29) is 24.4 Å². The van der Waals surface area contributed by atoms with Crippen LogP contribution < -0.4 is 4.90 Å². The number of benzene rings is 1. The van der Waals surface area contributed by atoms with Crippen molar-refractivity contribution in [3.05, 3.63) is 30.3 Å². The summed E-state index contributed by atoms with van der Waals surface area (Å²) < 4.78 is 5.31. The highest BCUT2D eigenvalue weighted by Gasteiger charge is 2.22. The number of carbonyl (C=O) groups excluding carboxylic acids is 1. The van der Waals surface area contributed by atoms with Crippen molar-refractivity contribution < 1.29 is 9.53 Å². The summed E-state index contributed by atoms with van der Waals surface area (Å²) in [6.45, 7) is 7.68. The second-order valence-corrected chi connectivity index (χ2v) is 5.08. The van der Waals surface area contributed by atoms with Gasteiger partial charge in [0.05, 0.1) is 19.8 Å². The third-order valence-corrected chi connectivity index (χ3v) is 3.28. The lowest BCUT2D eigenvalue weighted by molar-refractivity contribution is -0.121. The highest BCUT2D eigenvalue weighted by Crippen LogP contribution is 2.17. The molecule has 0 atom stereocenters. The molecule has 5 heteroatoms. The van der Waals surface area contributed by atoms with Crippen molar-refractivity contribution in [2.24, 2.45) is 0 Å². The number of anilines is 1. The Hall–Kier alpha value is -1.10. The molecule has 0 saturated carbocycles. The molecule has 1 saturated heterocycles. The summed E-state index contributed by atoms with van der Waals surface area (Å²) in [5.74, 6) is 0.156. The van der Waals surface area contributed by atoms with Gasteiger partial charge in [-0.2, -0.15) is 0 Å². The summed E-state index contributed by atoms with van der Waals surface area (Å²) in [7, 11) is 0. The van der Waals surface area contributed by atoms with E-state index in [0.717, 1.165) is 32.0 Å². The predicted molar refractivity (Wildman–Crippen MR) is 83.6 cm³/mol. The van der Waals surface area contributed by atoms with Crippen LogP contribution in [-0.4, -0.2) is 49.7 Å². The van der Waals surface area contributed by atoms with E-state index in [9.17, 15) is 4.79 Å². The zero-order valence-corrected chi connectivity index (χ0v) is 12.9. The molecule has 1 aromatic carbocycles.